The third kappa shape index (κ3) is 4.48. The molecule has 3 aromatic heterocycles. The Hall–Kier alpha value is -3.44. The molecular formula is C24H31N7O4. The van der Waals surface area contributed by atoms with E-state index in [9.17, 15) is 14.7 Å². The Morgan fingerprint density at radius 2 is 2.11 bits per heavy atom. The maximum absolute atomic E-state index is 13.3. The van der Waals surface area contributed by atoms with Crippen LogP contribution in [0.4, 0.5) is 17.3 Å². The summed E-state index contributed by atoms with van der Waals surface area (Å²) in [6, 6.07) is 5.12. The first kappa shape index (κ1) is 23.3. The molecule has 0 radical (unpaired) electrons. The molecule has 2 aliphatic carbocycles. The summed E-state index contributed by atoms with van der Waals surface area (Å²) in [5.41, 5.74) is 0.904. The summed E-state index contributed by atoms with van der Waals surface area (Å²) in [5, 5.41) is 23.2. The number of nitrogens with zero attached hydrogens (tertiary/aromatic N) is 4. The Morgan fingerprint density at radius 1 is 1.26 bits per heavy atom. The molecule has 11 nitrogen and oxygen atoms in total. The number of amides is 1. The van der Waals surface area contributed by atoms with Gasteiger partial charge in [0.25, 0.3) is 11.5 Å². The average molecular weight is 482 g/mol. The zero-order valence-electron chi connectivity index (χ0n) is 19.9. The molecule has 4 atom stereocenters. The lowest BCUT2D eigenvalue weighted by Crippen LogP contribution is -2.50. The SMILES string of the molecule is CNc1cc(Nc2cccn([C@@H]3CCC[C@H](OC)C3)c2=O)nc2c(C(=O)N[C@H]3CC[C@@H]3O)cnn12. The number of hydrogen-bond donors (Lipinski definition) is 4. The summed E-state index contributed by atoms with van der Waals surface area (Å²) in [6.45, 7) is 0. The van der Waals surface area contributed by atoms with Crippen LogP contribution in [0.2, 0.25) is 0 Å². The molecule has 2 saturated carbocycles. The van der Waals surface area contributed by atoms with Gasteiger partial charge in [0, 0.05) is 32.5 Å². The predicted molar refractivity (Wildman–Crippen MR) is 131 cm³/mol. The Labute approximate surface area is 202 Å². The minimum atomic E-state index is -0.526. The first-order chi connectivity index (χ1) is 17.0. The monoisotopic (exact) mass is 481 g/mol. The van der Waals surface area contributed by atoms with Gasteiger partial charge in [-0.05, 0) is 50.7 Å². The lowest BCUT2D eigenvalue weighted by molar-refractivity contribution is 0.0448. The zero-order valence-corrected chi connectivity index (χ0v) is 19.9. The summed E-state index contributed by atoms with van der Waals surface area (Å²) in [7, 11) is 3.46. The van der Waals surface area contributed by atoms with E-state index in [1.807, 2.05) is 12.3 Å². The maximum atomic E-state index is 13.3. The first-order valence-electron chi connectivity index (χ1n) is 12.0. The molecule has 0 aliphatic heterocycles. The number of fused-ring (bicyclic) bond motifs is 1. The van der Waals surface area contributed by atoms with Crippen LogP contribution < -0.4 is 21.5 Å². The van der Waals surface area contributed by atoms with Crippen molar-refractivity contribution in [2.75, 3.05) is 24.8 Å². The highest BCUT2D eigenvalue weighted by molar-refractivity contribution is 6.00. The molecule has 2 aliphatic rings. The van der Waals surface area contributed by atoms with Gasteiger partial charge in [0.1, 0.15) is 22.9 Å². The van der Waals surface area contributed by atoms with Crippen molar-refractivity contribution in [3.05, 3.63) is 46.5 Å². The smallest absolute Gasteiger partial charge is 0.274 e. The lowest BCUT2D eigenvalue weighted by atomic mass is 9.89. The number of rotatable bonds is 7. The number of aromatic nitrogens is 4. The molecule has 3 aromatic rings. The van der Waals surface area contributed by atoms with Crippen LogP contribution in [0, 0.1) is 0 Å². The van der Waals surface area contributed by atoms with E-state index in [1.165, 1.54) is 10.7 Å². The van der Waals surface area contributed by atoms with Gasteiger partial charge in [-0.15, -0.1) is 0 Å². The number of methoxy groups -OCH3 is 1. The Kier molecular flexibility index (Phi) is 6.44. The fourth-order valence-electron chi connectivity index (χ4n) is 4.88. The highest BCUT2D eigenvalue weighted by atomic mass is 16.5. The normalized spacial score (nSPS) is 24.1. The van der Waals surface area contributed by atoms with Crippen molar-refractivity contribution in [2.24, 2.45) is 0 Å². The van der Waals surface area contributed by atoms with Gasteiger partial charge >= 0.3 is 0 Å². The van der Waals surface area contributed by atoms with Crippen molar-refractivity contribution in [3.63, 3.8) is 0 Å². The van der Waals surface area contributed by atoms with Gasteiger partial charge in [-0.3, -0.25) is 9.59 Å². The van der Waals surface area contributed by atoms with E-state index in [0.29, 0.717) is 35.0 Å². The van der Waals surface area contributed by atoms with E-state index in [0.717, 1.165) is 32.1 Å². The molecule has 0 spiro atoms. The summed E-state index contributed by atoms with van der Waals surface area (Å²) in [5.74, 6) is 0.669. The van der Waals surface area contributed by atoms with Crippen molar-refractivity contribution in [2.45, 2.75) is 62.8 Å². The molecule has 0 saturated heterocycles. The molecule has 0 unspecified atom stereocenters. The van der Waals surface area contributed by atoms with Crippen LogP contribution in [0.5, 0.6) is 0 Å². The van der Waals surface area contributed by atoms with Gasteiger partial charge < -0.3 is 30.4 Å². The molecule has 35 heavy (non-hydrogen) atoms. The van der Waals surface area contributed by atoms with Crippen LogP contribution in [0.1, 0.15) is 54.9 Å². The van der Waals surface area contributed by atoms with E-state index in [2.05, 4.69) is 26.0 Å². The summed E-state index contributed by atoms with van der Waals surface area (Å²) in [6.07, 6.45) is 8.09. The van der Waals surface area contributed by atoms with Crippen molar-refractivity contribution in [3.8, 4) is 0 Å². The lowest BCUT2D eigenvalue weighted by Gasteiger charge is -2.32. The number of aliphatic hydroxyl groups is 1. The Bertz CT molecular complexity index is 1290. The summed E-state index contributed by atoms with van der Waals surface area (Å²) >= 11 is 0. The highest BCUT2D eigenvalue weighted by Crippen LogP contribution is 2.29. The number of carbonyl (C=O) groups excluding carboxylic acids is 1. The van der Waals surface area contributed by atoms with Crippen LogP contribution in [-0.4, -0.2) is 62.6 Å². The fourth-order valence-corrected chi connectivity index (χ4v) is 4.88. The molecule has 5 rings (SSSR count). The van der Waals surface area contributed by atoms with E-state index in [1.54, 1.807) is 30.9 Å². The van der Waals surface area contributed by atoms with Gasteiger partial charge in [0.05, 0.1) is 24.4 Å². The second kappa shape index (κ2) is 9.67. The van der Waals surface area contributed by atoms with Gasteiger partial charge in [-0.2, -0.15) is 9.61 Å². The standard InChI is InChI=1S/C24H31N7O4/c1-25-21-12-20(29-22-16(13-26-31(21)22)23(33)28-17-8-9-19(17)32)27-18-7-4-10-30(24(18)34)14-5-3-6-15(11-14)35-2/h4,7,10,12-15,17,19,25,32H,3,5-6,8-9,11H2,1-2H3,(H,27,29)(H,28,33)/t14-,15+,17+,19+/m1/s1. The molecule has 3 heterocycles. The third-order valence-corrected chi connectivity index (χ3v) is 7.09. The van der Waals surface area contributed by atoms with Crippen molar-refractivity contribution < 1.29 is 14.6 Å². The predicted octanol–water partition coefficient (Wildman–Crippen LogP) is 2.06. The van der Waals surface area contributed by atoms with Crippen LogP contribution in [0.25, 0.3) is 5.65 Å². The quantitative estimate of drug-likeness (QED) is 0.403. The largest absolute Gasteiger partial charge is 0.391 e. The summed E-state index contributed by atoms with van der Waals surface area (Å²) in [4.78, 5) is 30.8. The molecule has 2 fully saturated rings. The van der Waals surface area contributed by atoms with E-state index < -0.39 is 6.10 Å². The minimum Gasteiger partial charge on any atom is -0.391 e. The van der Waals surface area contributed by atoms with E-state index in [-0.39, 0.29) is 29.7 Å². The van der Waals surface area contributed by atoms with Crippen LogP contribution in [-0.2, 0) is 4.74 Å². The second-order valence-corrected chi connectivity index (χ2v) is 9.23. The number of ether oxygens (including phenoxy) is 1. The molecule has 186 valence electrons. The molecule has 4 N–H and O–H groups in total. The van der Waals surface area contributed by atoms with Gasteiger partial charge in [-0.25, -0.2) is 4.98 Å². The number of hydrogen-bond acceptors (Lipinski definition) is 8. The van der Waals surface area contributed by atoms with Crippen molar-refractivity contribution in [1.29, 1.82) is 0 Å². The molecule has 0 bridgehead atoms. The van der Waals surface area contributed by atoms with E-state index in [4.69, 9.17) is 4.74 Å². The summed E-state index contributed by atoms with van der Waals surface area (Å²) < 4.78 is 8.84. The Morgan fingerprint density at radius 3 is 2.83 bits per heavy atom. The fraction of sp³-hybridized carbons (Fsp3) is 0.500. The zero-order chi connectivity index (χ0) is 24.5. The number of aliphatic hydroxyl groups excluding tert-OH is 1. The van der Waals surface area contributed by atoms with Crippen LogP contribution >= 0.6 is 0 Å². The van der Waals surface area contributed by atoms with Crippen molar-refractivity contribution >= 4 is 28.9 Å². The third-order valence-electron chi connectivity index (χ3n) is 7.09. The minimum absolute atomic E-state index is 0.0817. The number of nitrogens with one attached hydrogen (secondary N) is 3. The van der Waals surface area contributed by atoms with Crippen LogP contribution in [0.3, 0.4) is 0 Å². The molecular weight excluding hydrogens is 450 g/mol. The van der Waals surface area contributed by atoms with E-state index >= 15 is 0 Å². The van der Waals surface area contributed by atoms with Crippen molar-refractivity contribution in [1.82, 2.24) is 24.5 Å². The number of carbonyl (C=O) groups is 1. The van der Waals surface area contributed by atoms with Crippen LogP contribution in [0.15, 0.2) is 35.4 Å². The molecule has 1 amide bonds. The number of anilines is 3. The highest BCUT2D eigenvalue weighted by Gasteiger charge is 2.31. The average Bonchev–Trinajstić information content (AvgIpc) is 3.31. The Balaban J connectivity index is 1.44. The molecule has 0 aromatic carbocycles. The second-order valence-electron chi connectivity index (χ2n) is 9.23. The topological polar surface area (TPSA) is 135 Å². The van der Waals surface area contributed by atoms with Gasteiger partial charge in [-0.1, -0.05) is 0 Å². The molecule has 11 heteroatoms. The number of pyridine rings is 1. The van der Waals surface area contributed by atoms with Gasteiger partial charge in [0.2, 0.25) is 0 Å². The van der Waals surface area contributed by atoms with Gasteiger partial charge in [0.15, 0.2) is 5.65 Å². The maximum Gasteiger partial charge on any atom is 0.274 e. The first-order valence-corrected chi connectivity index (χ1v) is 12.0.